The Labute approximate surface area is 242 Å². The van der Waals surface area contributed by atoms with Crippen molar-refractivity contribution in [3.8, 4) is 17.2 Å². The molecule has 1 aromatic heterocycles. The Morgan fingerprint density at radius 2 is 1.76 bits per heavy atom. The van der Waals surface area contributed by atoms with Gasteiger partial charge in [0.05, 0.1) is 37.4 Å². The van der Waals surface area contributed by atoms with Crippen LogP contribution in [0, 0.1) is 13.8 Å². The fraction of sp³-hybridized carbons (Fsp3) is 0.469. The Kier molecular flexibility index (Phi) is 9.25. The van der Waals surface area contributed by atoms with Gasteiger partial charge in [-0.15, -0.1) is 0 Å². The first-order valence-electron chi connectivity index (χ1n) is 14.1. The summed E-state index contributed by atoms with van der Waals surface area (Å²) in [5, 5.41) is 7.79. The average molecular weight is 563 g/mol. The highest BCUT2D eigenvalue weighted by Crippen LogP contribution is 2.33. The predicted octanol–water partition coefficient (Wildman–Crippen LogP) is 5.59. The van der Waals surface area contributed by atoms with Crippen molar-refractivity contribution in [2.75, 3.05) is 33.9 Å². The third kappa shape index (κ3) is 7.20. The molecule has 3 aromatic rings. The Hall–Kier alpha value is -4.01. The lowest BCUT2D eigenvalue weighted by molar-refractivity contribution is 0.0203. The van der Waals surface area contributed by atoms with E-state index in [-0.39, 0.29) is 17.9 Å². The van der Waals surface area contributed by atoms with Crippen molar-refractivity contribution in [1.82, 2.24) is 20.0 Å². The molecule has 1 N–H and O–H groups in total. The summed E-state index contributed by atoms with van der Waals surface area (Å²) in [7, 11) is 3.24. The maximum absolute atomic E-state index is 13.6. The van der Waals surface area contributed by atoms with Crippen molar-refractivity contribution in [2.45, 2.75) is 65.4 Å². The number of rotatable bonds is 8. The Balaban J connectivity index is 1.55. The number of methoxy groups -OCH3 is 2. The summed E-state index contributed by atoms with van der Waals surface area (Å²) in [6.07, 6.45) is 3.38. The van der Waals surface area contributed by atoms with E-state index >= 15 is 0 Å². The molecule has 0 aliphatic carbocycles. The van der Waals surface area contributed by atoms with Gasteiger partial charge < -0.3 is 24.4 Å². The van der Waals surface area contributed by atoms with Gasteiger partial charge in [0.2, 0.25) is 0 Å². The molecule has 0 spiro atoms. The van der Waals surface area contributed by atoms with Crippen molar-refractivity contribution in [1.29, 1.82) is 0 Å². The van der Waals surface area contributed by atoms with Gasteiger partial charge in [0, 0.05) is 31.6 Å². The number of likely N-dealkylation sites (tertiary alicyclic amines) is 1. The molecule has 2 amide bonds. The smallest absolute Gasteiger partial charge is 0.410 e. The molecule has 2 aromatic carbocycles. The number of carbonyl (C=O) groups excluding carboxylic acids is 2. The number of hydrogen-bond donors (Lipinski definition) is 1. The number of piperidine rings is 1. The number of benzene rings is 2. The van der Waals surface area contributed by atoms with Crippen LogP contribution in [-0.4, -0.2) is 66.1 Å². The lowest BCUT2D eigenvalue weighted by Crippen LogP contribution is -2.41. The van der Waals surface area contributed by atoms with Gasteiger partial charge in [0.25, 0.3) is 5.91 Å². The summed E-state index contributed by atoms with van der Waals surface area (Å²) in [5.41, 5.74) is 5.06. The largest absolute Gasteiger partial charge is 0.497 e. The number of carbonyl (C=O) groups is 2. The summed E-state index contributed by atoms with van der Waals surface area (Å²) in [6.45, 7) is 11.3. The van der Waals surface area contributed by atoms with E-state index in [9.17, 15) is 9.59 Å². The number of aromatic nitrogens is 2. The van der Waals surface area contributed by atoms with Crippen molar-refractivity contribution in [2.24, 2.45) is 0 Å². The molecule has 9 nitrogen and oxygen atoms in total. The minimum absolute atomic E-state index is 0.0549. The van der Waals surface area contributed by atoms with Crippen molar-refractivity contribution in [3.05, 3.63) is 70.5 Å². The van der Waals surface area contributed by atoms with Gasteiger partial charge in [0.1, 0.15) is 17.1 Å². The van der Waals surface area contributed by atoms with Gasteiger partial charge in [-0.05, 0) is 77.1 Å². The van der Waals surface area contributed by atoms with E-state index in [1.165, 1.54) is 0 Å². The molecule has 0 bridgehead atoms. The number of hydrogen-bond acceptors (Lipinski definition) is 6. The van der Waals surface area contributed by atoms with Crippen LogP contribution in [-0.2, 0) is 11.2 Å². The first-order chi connectivity index (χ1) is 19.5. The van der Waals surface area contributed by atoms with Crippen LogP contribution in [0.15, 0.2) is 42.6 Å². The maximum atomic E-state index is 13.6. The number of nitrogens with one attached hydrogen (secondary N) is 1. The minimum atomic E-state index is -0.545. The van der Waals surface area contributed by atoms with Crippen molar-refractivity contribution >= 4 is 12.0 Å². The molecule has 2 heterocycles. The maximum Gasteiger partial charge on any atom is 0.410 e. The quantitative estimate of drug-likeness (QED) is 0.384. The number of ether oxygens (including phenoxy) is 3. The second-order valence-corrected chi connectivity index (χ2v) is 11.6. The summed E-state index contributed by atoms with van der Waals surface area (Å²) in [5.74, 6) is 1.33. The summed E-state index contributed by atoms with van der Waals surface area (Å²) >= 11 is 0. The minimum Gasteiger partial charge on any atom is -0.497 e. The zero-order valence-corrected chi connectivity index (χ0v) is 25.2. The highest BCUT2D eigenvalue weighted by Gasteiger charge is 2.32. The molecule has 4 rings (SSSR count). The molecule has 0 saturated carbocycles. The van der Waals surface area contributed by atoms with Gasteiger partial charge in [0.15, 0.2) is 0 Å². The number of amides is 2. The predicted molar refractivity (Wildman–Crippen MR) is 158 cm³/mol. The van der Waals surface area contributed by atoms with Gasteiger partial charge in [-0.3, -0.25) is 4.79 Å². The molecular formula is C32H42N4O5. The fourth-order valence-electron chi connectivity index (χ4n) is 5.29. The first-order valence-corrected chi connectivity index (χ1v) is 14.1. The summed E-state index contributed by atoms with van der Waals surface area (Å²) in [6, 6.07) is 11.9. The molecule has 220 valence electrons. The highest BCUT2D eigenvalue weighted by molar-refractivity contribution is 5.95. The van der Waals surface area contributed by atoms with E-state index in [2.05, 4.69) is 37.4 Å². The molecule has 9 heteroatoms. The fourth-order valence-corrected chi connectivity index (χ4v) is 5.29. The topological polar surface area (TPSA) is 94.9 Å². The second-order valence-electron chi connectivity index (χ2n) is 11.6. The molecule has 41 heavy (non-hydrogen) atoms. The number of nitrogens with zero attached hydrogens (tertiary/aromatic N) is 3. The van der Waals surface area contributed by atoms with E-state index in [4.69, 9.17) is 19.3 Å². The SMILES string of the molecule is COc1ccc(CCNC(=O)c2cnn(-c3ccc(C)cc3C)c2C2CCN(C(=O)OC(C)(C)C)CC2)c(OC)c1. The van der Waals surface area contributed by atoms with Gasteiger partial charge in [-0.2, -0.15) is 5.10 Å². The van der Waals surface area contributed by atoms with Crippen molar-refractivity contribution in [3.63, 3.8) is 0 Å². The normalized spacial score (nSPS) is 14.1. The van der Waals surface area contributed by atoms with Crippen LogP contribution in [0.1, 0.15) is 72.3 Å². The van der Waals surface area contributed by atoms with Crippen LogP contribution in [0.2, 0.25) is 0 Å². The Morgan fingerprint density at radius 1 is 1.02 bits per heavy atom. The first kappa shape index (κ1) is 30.0. The van der Waals surface area contributed by atoms with Crippen LogP contribution in [0.5, 0.6) is 11.5 Å². The van der Waals surface area contributed by atoms with Gasteiger partial charge in [-0.25, -0.2) is 9.48 Å². The van der Waals surface area contributed by atoms with E-state index in [0.717, 1.165) is 39.6 Å². The standard InChI is InChI=1S/C32H42N4O5/c1-21-8-11-27(22(2)18-21)36-29(24-13-16-35(17-14-24)31(38)41-32(3,4)5)26(20-34-36)30(37)33-15-12-23-9-10-25(39-6)19-28(23)40-7/h8-11,18-20,24H,12-17H2,1-7H3,(H,33,37). The molecule has 1 aliphatic heterocycles. The third-order valence-corrected chi connectivity index (χ3v) is 7.34. The van der Waals surface area contributed by atoms with E-state index in [1.807, 2.05) is 43.7 Å². The van der Waals surface area contributed by atoms with Crippen LogP contribution in [0.25, 0.3) is 5.69 Å². The lowest BCUT2D eigenvalue weighted by atomic mass is 9.90. The number of aryl methyl sites for hydroxylation is 2. The Morgan fingerprint density at radius 3 is 2.39 bits per heavy atom. The van der Waals surface area contributed by atoms with Crippen molar-refractivity contribution < 1.29 is 23.8 Å². The van der Waals surface area contributed by atoms with Crippen LogP contribution in [0.4, 0.5) is 4.79 Å². The van der Waals surface area contributed by atoms with Gasteiger partial charge in [-0.1, -0.05) is 23.8 Å². The average Bonchev–Trinajstić information content (AvgIpc) is 3.37. The van der Waals surface area contributed by atoms with Crippen LogP contribution in [0.3, 0.4) is 0 Å². The molecular weight excluding hydrogens is 520 g/mol. The van der Waals surface area contributed by atoms with Crippen LogP contribution < -0.4 is 14.8 Å². The summed E-state index contributed by atoms with van der Waals surface area (Å²) < 4.78 is 18.3. The third-order valence-electron chi connectivity index (χ3n) is 7.34. The molecule has 0 atom stereocenters. The Bertz CT molecular complexity index is 1380. The van der Waals surface area contributed by atoms with E-state index in [0.29, 0.717) is 44.5 Å². The monoisotopic (exact) mass is 562 g/mol. The molecule has 1 saturated heterocycles. The molecule has 1 aliphatic rings. The molecule has 0 radical (unpaired) electrons. The lowest BCUT2D eigenvalue weighted by Gasteiger charge is -2.34. The second kappa shape index (κ2) is 12.7. The van der Waals surface area contributed by atoms with Crippen LogP contribution >= 0.6 is 0 Å². The van der Waals surface area contributed by atoms with E-state index < -0.39 is 5.60 Å². The molecule has 1 fully saturated rings. The van der Waals surface area contributed by atoms with E-state index in [1.54, 1.807) is 25.3 Å². The zero-order valence-electron chi connectivity index (χ0n) is 25.2. The highest BCUT2D eigenvalue weighted by atomic mass is 16.6. The molecule has 0 unspecified atom stereocenters. The zero-order chi connectivity index (χ0) is 29.7. The summed E-state index contributed by atoms with van der Waals surface area (Å²) in [4.78, 5) is 28.0. The van der Waals surface area contributed by atoms with Gasteiger partial charge >= 0.3 is 6.09 Å².